The third-order valence-corrected chi connectivity index (χ3v) is 5.58. The summed E-state index contributed by atoms with van der Waals surface area (Å²) in [4.78, 5) is 25.2. The third kappa shape index (κ3) is 4.97. The first kappa shape index (κ1) is 20.7. The topological polar surface area (TPSA) is 118 Å². The Labute approximate surface area is 181 Å². The Morgan fingerprint density at radius 2 is 1.81 bits per heavy atom. The summed E-state index contributed by atoms with van der Waals surface area (Å²) in [7, 11) is 1.99. The van der Waals surface area contributed by atoms with Crippen LogP contribution in [0.1, 0.15) is 36.0 Å². The first-order chi connectivity index (χ1) is 15.1. The molecule has 2 atom stereocenters. The number of nitrogens with zero attached hydrogens (tertiary/aromatic N) is 3. The fourth-order valence-corrected chi connectivity index (χ4v) is 3.99. The predicted molar refractivity (Wildman–Crippen MR) is 122 cm³/mol. The standard InChI is InChI=1S/C23H27N7O/c1-25-18-8-2-3-9-19(18)29-20-11-10-17(21(24)31)23(30-20)28-16-7-4-6-15(14-16)22-26-12-5-13-27-22/h4-7,10-14,18-19,25H,2-3,8-9H2,1H3,(H2,24,31)(H2,28,29,30)/t18?,19-/m1/s1. The summed E-state index contributed by atoms with van der Waals surface area (Å²) >= 11 is 0. The quantitative estimate of drug-likeness (QED) is 0.466. The number of hydrogen-bond donors (Lipinski definition) is 4. The molecule has 1 amide bonds. The molecule has 3 aromatic rings. The number of nitrogens with one attached hydrogen (secondary N) is 3. The van der Waals surface area contributed by atoms with Gasteiger partial charge in [0.05, 0.1) is 5.56 Å². The molecule has 1 aromatic carbocycles. The largest absolute Gasteiger partial charge is 0.366 e. The highest BCUT2D eigenvalue weighted by atomic mass is 16.1. The molecule has 1 saturated carbocycles. The summed E-state index contributed by atoms with van der Waals surface area (Å²) in [5, 5.41) is 10.2. The SMILES string of the molecule is CNC1CCCC[C@H]1Nc1ccc(C(N)=O)c(Nc2cccc(-c3ncccn3)c2)n1. The van der Waals surface area contributed by atoms with Gasteiger partial charge in [0, 0.05) is 35.7 Å². The van der Waals surface area contributed by atoms with Crippen molar-refractivity contribution in [2.45, 2.75) is 37.8 Å². The minimum atomic E-state index is -0.533. The van der Waals surface area contributed by atoms with Crippen LogP contribution in [0.15, 0.2) is 54.9 Å². The van der Waals surface area contributed by atoms with Gasteiger partial charge in [-0.25, -0.2) is 15.0 Å². The molecular weight excluding hydrogens is 390 g/mol. The molecule has 0 saturated heterocycles. The van der Waals surface area contributed by atoms with Crippen LogP contribution in [0.3, 0.4) is 0 Å². The van der Waals surface area contributed by atoms with E-state index in [4.69, 9.17) is 5.73 Å². The smallest absolute Gasteiger partial charge is 0.252 e. The van der Waals surface area contributed by atoms with Crippen LogP contribution in [0.4, 0.5) is 17.3 Å². The van der Waals surface area contributed by atoms with Crippen molar-refractivity contribution >= 4 is 23.2 Å². The maximum Gasteiger partial charge on any atom is 0.252 e. The van der Waals surface area contributed by atoms with Crippen molar-refractivity contribution < 1.29 is 4.79 Å². The zero-order valence-electron chi connectivity index (χ0n) is 17.5. The normalized spacial score (nSPS) is 18.4. The Hall–Kier alpha value is -3.52. The summed E-state index contributed by atoms with van der Waals surface area (Å²) in [6.07, 6.45) is 8.03. The Morgan fingerprint density at radius 3 is 2.55 bits per heavy atom. The van der Waals surface area contributed by atoms with Crippen molar-refractivity contribution in [1.29, 1.82) is 0 Å². The Kier molecular flexibility index (Phi) is 6.37. The lowest BCUT2D eigenvalue weighted by Crippen LogP contribution is -2.44. The van der Waals surface area contributed by atoms with Gasteiger partial charge in [0.15, 0.2) is 5.82 Å². The van der Waals surface area contributed by atoms with E-state index in [1.807, 2.05) is 31.3 Å². The third-order valence-electron chi connectivity index (χ3n) is 5.58. The molecule has 8 heteroatoms. The first-order valence-electron chi connectivity index (χ1n) is 10.5. The second-order valence-electron chi connectivity index (χ2n) is 7.67. The highest BCUT2D eigenvalue weighted by molar-refractivity contribution is 5.98. The minimum absolute atomic E-state index is 0.289. The van der Waals surface area contributed by atoms with E-state index < -0.39 is 5.91 Å². The number of rotatable bonds is 7. The Morgan fingerprint density at radius 1 is 1.03 bits per heavy atom. The monoisotopic (exact) mass is 417 g/mol. The van der Waals surface area contributed by atoms with E-state index in [0.29, 0.717) is 29.1 Å². The molecule has 1 unspecified atom stereocenters. The van der Waals surface area contributed by atoms with E-state index in [9.17, 15) is 4.79 Å². The summed E-state index contributed by atoms with van der Waals surface area (Å²) in [6, 6.07) is 13.6. The van der Waals surface area contributed by atoms with Crippen LogP contribution in [0.25, 0.3) is 11.4 Å². The molecule has 0 bridgehead atoms. The maximum absolute atomic E-state index is 12.0. The van der Waals surface area contributed by atoms with Gasteiger partial charge < -0.3 is 21.7 Å². The van der Waals surface area contributed by atoms with Gasteiger partial charge >= 0.3 is 0 Å². The molecule has 31 heavy (non-hydrogen) atoms. The number of carbonyl (C=O) groups is 1. The number of likely N-dealkylation sites (N-methyl/N-ethyl adjacent to an activating group) is 1. The Bertz CT molecular complexity index is 1040. The van der Waals surface area contributed by atoms with Gasteiger partial charge in [-0.15, -0.1) is 0 Å². The fourth-order valence-electron chi connectivity index (χ4n) is 3.99. The second kappa shape index (κ2) is 9.53. The molecule has 4 rings (SSSR count). The number of aromatic nitrogens is 3. The summed E-state index contributed by atoms with van der Waals surface area (Å²) < 4.78 is 0. The molecular formula is C23H27N7O. The van der Waals surface area contributed by atoms with Gasteiger partial charge in [-0.2, -0.15) is 0 Å². The van der Waals surface area contributed by atoms with Crippen molar-refractivity contribution in [2.75, 3.05) is 17.7 Å². The predicted octanol–water partition coefficient (Wildman–Crippen LogP) is 3.32. The highest BCUT2D eigenvalue weighted by Crippen LogP contribution is 2.26. The molecule has 2 heterocycles. The number of pyridine rings is 1. The van der Waals surface area contributed by atoms with Crippen molar-refractivity contribution in [1.82, 2.24) is 20.3 Å². The van der Waals surface area contributed by atoms with Crippen molar-refractivity contribution in [3.63, 3.8) is 0 Å². The Balaban J connectivity index is 1.60. The molecule has 0 radical (unpaired) electrons. The van der Waals surface area contributed by atoms with Crippen LogP contribution in [0.2, 0.25) is 0 Å². The van der Waals surface area contributed by atoms with E-state index >= 15 is 0 Å². The number of nitrogens with two attached hydrogens (primary N) is 1. The summed E-state index contributed by atoms with van der Waals surface area (Å²) in [5.41, 5.74) is 7.56. The number of primary amides is 1. The van der Waals surface area contributed by atoms with Gasteiger partial charge in [0.25, 0.3) is 5.91 Å². The molecule has 2 aromatic heterocycles. The van der Waals surface area contributed by atoms with Crippen LogP contribution in [0.5, 0.6) is 0 Å². The van der Waals surface area contributed by atoms with Crippen molar-refractivity contribution in [3.05, 3.63) is 60.4 Å². The minimum Gasteiger partial charge on any atom is -0.366 e. The molecule has 0 spiro atoms. The summed E-state index contributed by atoms with van der Waals surface area (Å²) in [5.74, 6) is 1.22. The van der Waals surface area contributed by atoms with Gasteiger partial charge in [-0.1, -0.05) is 25.0 Å². The molecule has 8 nitrogen and oxygen atoms in total. The number of anilines is 3. The van der Waals surface area contributed by atoms with Crippen LogP contribution < -0.4 is 21.7 Å². The lowest BCUT2D eigenvalue weighted by Gasteiger charge is -2.32. The number of benzene rings is 1. The molecule has 0 aliphatic heterocycles. The molecule has 1 aliphatic carbocycles. The van der Waals surface area contributed by atoms with Crippen LogP contribution >= 0.6 is 0 Å². The van der Waals surface area contributed by atoms with Gasteiger partial charge in [-0.05, 0) is 50.2 Å². The van der Waals surface area contributed by atoms with E-state index in [1.54, 1.807) is 30.6 Å². The van der Waals surface area contributed by atoms with E-state index in [0.717, 1.165) is 24.1 Å². The van der Waals surface area contributed by atoms with E-state index in [1.165, 1.54) is 12.8 Å². The van der Waals surface area contributed by atoms with E-state index in [2.05, 4.69) is 30.9 Å². The first-order valence-corrected chi connectivity index (χ1v) is 10.5. The van der Waals surface area contributed by atoms with Gasteiger partial charge in [0.2, 0.25) is 0 Å². The van der Waals surface area contributed by atoms with Gasteiger partial charge in [-0.3, -0.25) is 4.79 Å². The maximum atomic E-state index is 12.0. The fraction of sp³-hybridized carbons (Fsp3) is 0.304. The number of amides is 1. The highest BCUT2D eigenvalue weighted by Gasteiger charge is 2.24. The van der Waals surface area contributed by atoms with Crippen LogP contribution in [0, 0.1) is 0 Å². The van der Waals surface area contributed by atoms with Gasteiger partial charge in [0.1, 0.15) is 11.6 Å². The zero-order chi connectivity index (χ0) is 21.6. The molecule has 1 aliphatic rings. The number of carbonyl (C=O) groups excluding carboxylic acids is 1. The van der Waals surface area contributed by atoms with Crippen LogP contribution in [-0.2, 0) is 0 Å². The molecule has 160 valence electrons. The molecule has 5 N–H and O–H groups in total. The van der Waals surface area contributed by atoms with Crippen molar-refractivity contribution in [3.8, 4) is 11.4 Å². The van der Waals surface area contributed by atoms with E-state index in [-0.39, 0.29) is 6.04 Å². The lowest BCUT2D eigenvalue weighted by molar-refractivity contribution is 0.100. The summed E-state index contributed by atoms with van der Waals surface area (Å²) in [6.45, 7) is 0. The second-order valence-corrected chi connectivity index (χ2v) is 7.67. The lowest BCUT2D eigenvalue weighted by atomic mass is 9.90. The number of hydrogen-bond acceptors (Lipinski definition) is 7. The zero-order valence-corrected chi connectivity index (χ0v) is 17.5. The molecule has 1 fully saturated rings. The van der Waals surface area contributed by atoms with Crippen molar-refractivity contribution in [2.24, 2.45) is 5.73 Å². The van der Waals surface area contributed by atoms with Crippen LogP contribution in [-0.4, -0.2) is 40.0 Å². The average molecular weight is 418 g/mol. The average Bonchev–Trinajstić information content (AvgIpc) is 2.80.